The second kappa shape index (κ2) is 34.9. The van der Waals surface area contributed by atoms with E-state index in [0.29, 0.717) is 12.8 Å². The van der Waals surface area contributed by atoms with Gasteiger partial charge in [-0.05, 0) is 51.4 Å². The van der Waals surface area contributed by atoms with E-state index in [2.05, 4.69) is 47.7 Å². The molecule has 58 heavy (non-hydrogen) atoms. The van der Waals surface area contributed by atoms with Crippen LogP contribution < -0.4 is 5.32 Å². The van der Waals surface area contributed by atoms with E-state index in [1.807, 2.05) is 0 Å². The molecule has 14 heteroatoms. The highest BCUT2D eigenvalue weighted by Gasteiger charge is 2.48. The summed E-state index contributed by atoms with van der Waals surface area (Å²) >= 11 is 0. The monoisotopic (exact) mass is 848 g/mol. The zero-order chi connectivity index (χ0) is 42.9. The van der Waals surface area contributed by atoms with Crippen LogP contribution in [0.3, 0.4) is 0 Å². The van der Waals surface area contributed by atoms with E-state index in [1.54, 1.807) is 6.08 Å². The van der Waals surface area contributed by atoms with Crippen LogP contribution in [0.4, 0.5) is 0 Å². The van der Waals surface area contributed by atoms with Crippen LogP contribution in [0.2, 0.25) is 0 Å². The molecular formula is C44H81NO12S. The summed E-state index contributed by atoms with van der Waals surface area (Å²) < 4.78 is 47.4. The standard InChI is InChI=1S/C44H81NO12S/c1-3-5-7-9-11-13-15-16-17-18-19-20-21-22-23-25-26-28-30-32-37(47)36(45-43(51)38(48)33-31-29-27-24-14-12-10-8-6-4-2)35-55-44-41(50)42(57-58(52,53)54)40(49)39(34-46)56-44/h10,12,23,25,30,32,36-42,44,46-50H,3-9,11,13-22,24,26-29,31,33-35H2,1-2H3,(H,45,51)(H,52,53,54)/b12-10-,25-23+,32-30+. The van der Waals surface area contributed by atoms with Crippen LogP contribution >= 0.6 is 0 Å². The number of carbonyl (C=O) groups is 1. The van der Waals surface area contributed by atoms with E-state index in [4.69, 9.17) is 14.0 Å². The van der Waals surface area contributed by atoms with Crippen molar-refractivity contribution in [1.82, 2.24) is 5.32 Å². The maximum Gasteiger partial charge on any atom is 0.397 e. The van der Waals surface area contributed by atoms with E-state index in [9.17, 15) is 38.7 Å². The molecule has 0 aromatic heterocycles. The predicted molar refractivity (Wildman–Crippen MR) is 228 cm³/mol. The lowest BCUT2D eigenvalue weighted by Gasteiger charge is -2.41. The molecule has 7 N–H and O–H groups in total. The van der Waals surface area contributed by atoms with Gasteiger partial charge in [0.2, 0.25) is 5.91 Å². The highest BCUT2D eigenvalue weighted by Crippen LogP contribution is 2.26. The van der Waals surface area contributed by atoms with E-state index in [0.717, 1.165) is 51.4 Å². The van der Waals surface area contributed by atoms with Crippen LogP contribution in [-0.4, -0.2) is 107 Å². The quantitative estimate of drug-likeness (QED) is 0.0187. The smallest absolute Gasteiger partial charge is 0.394 e. The molecule has 0 radical (unpaired) electrons. The number of amides is 1. The molecule has 340 valence electrons. The van der Waals surface area contributed by atoms with E-state index in [-0.39, 0.29) is 6.42 Å². The Hall–Kier alpha value is -1.72. The Morgan fingerprint density at radius 3 is 1.71 bits per heavy atom. The van der Waals surface area contributed by atoms with Crippen LogP contribution in [0, 0.1) is 0 Å². The SMILES string of the molecule is CCCC/C=C\CCCCCCC(O)C(=O)NC(COC1OC(CO)C(O)C(OS(=O)(=O)O)C1O)C(O)/C=C/CC/C=C/CCCCCCCCCCCCCCC. The van der Waals surface area contributed by atoms with Gasteiger partial charge in [-0.2, -0.15) is 8.42 Å². The summed E-state index contributed by atoms with van der Waals surface area (Å²) in [5, 5.41) is 55.0. The summed E-state index contributed by atoms with van der Waals surface area (Å²) in [6.07, 6.45) is 28.2. The minimum Gasteiger partial charge on any atom is -0.394 e. The molecule has 1 amide bonds. The van der Waals surface area contributed by atoms with E-state index in [1.165, 1.54) is 96.0 Å². The van der Waals surface area contributed by atoms with Gasteiger partial charge in [0.1, 0.15) is 30.5 Å². The fourth-order valence-electron chi connectivity index (χ4n) is 6.87. The average molecular weight is 848 g/mol. The number of hydrogen-bond donors (Lipinski definition) is 7. The molecule has 0 aliphatic carbocycles. The Morgan fingerprint density at radius 2 is 1.17 bits per heavy atom. The summed E-state index contributed by atoms with van der Waals surface area (Å²) in [6, 6.07) is -1.14. The highest BCUT2D eigenvalue weighted by molar-refractivity contribution is 7.80. The Kier molecular flexibility index (Phi) is 32.7. The summed E-state index contributed by atoms with van der Waals surface area (Å²) in [7, 11) is -5.12. The second-order valence-electron chi connectivity index (χ2n) is 15.8. The Labute approximate surface area is 350 Å². The summed E-state index contributed by atoms with van der Waals surface area (Å²) in [4.78, 5) is 13.0. The number of carbonyl (C=O) groups excluding carboxylic acids is 1. The van der Waals surface area contributed by atoms with E-state index >= 15 is 0 Å². The highest BCUT2D eigenvalue weighted by atomic mass is 32.3. The molecule has 1 aliphatic rings. The molecule has 1 saturated heterocycles. The van der Waals surface area contributed by atoms with Crippen molar-refractivity contribution in [3.05, 3.63) is 36.5 Å². The maximum atomic E-state index is 13.0. The molecule has 1 rings (SSSR count). The number of aliphatic hydroxyl groups excluding tert-OH is 5. The fraction of sp³-hybridized carbons (Fsp3) is 0.841. The molecule has 0 aromatic rings. The Balaban J connectivity index is 2.62. The number of nitrogens with one attached hydrogen (secondary N) is 1. The summed E-state index contributed by atoms with van der Waals surface area (Å²) in [6.45, 7) is 3.13. The molecule has 0 spiro atoms. The molecule has 0 saturated carbocycles. The first-order valence-corrected chi connectivity index (χ1v) is 23.8. The molecule has 1 fully saturated rings. The fourth-order valence-corrected chi connectivity index (χ4v) is 7.38. The largest absolute Gasteiger partial charge is 0.397 e. The summed E-state index contributed by atoms with van der Waals surface area (Å²) in [5.74, 6) is -0.725. The van der Waals surface area contributed by atoms with Crippen molar-refractivity contribution in [3.8, 4) is 0 Å². The number of unbranched alkanes of at least 4 members (excludes halogenated alkanes) is 20. The zero-order valence-corrected chi connectivity index (χ0v) is 36.5. The Morgan fingerprint density at radius 1 is 0.690 bits per heavy atom. The van der Waals surface area contributed by atoms with Crippen LogP contribution in [0.15, 0.2) is 36.5 Å². The van der Waals surface area contributed by atoms with Gasteiger partial charge in [-0.3, -0.25) is 9.35 Å². The third-order valence-electron chi connectivity index (χ3n) is 10.5. The number of hydrogen-bond acceptors (Lipinski definition) is 11. The molecule has 0 aromatic carbocycles. The van der Waals surface area contributed by atoms with Gasteiger partial charge in [0.25, 0.3) is 0 Å². The number of rotatable bonds is 37. The molecule has 8 atom stereocenters. The number of ether oxygens (including phenoxy) is 2. The molecule has 1 heterocycles. The van der Waals surface area contributed by atoms with Crippen molar-refractivity contribution in [1.29, 1.82) is 0 Å². The van der Waals surface area contributed by atoms with Gasteiger partial charge in [0, 0.05) is 0 Å². The maximum absolute atomic E-state index is 13.0. The topological polar surface area (TPSA) is 212 Å². The first-order chi connectivity index (χ1) is 27.9. The zero-order valence-electron chi connectivity index (χ0n) is 35.7. The number of aliphatic hydroxyl groups is 5. The lowest BCUT2D eigenvalue weighted by Crippen LogP contribution is -2.61. The lowest BCUT2D eigenvalue weighted by atomic mass is 9.99. The predicted octanol–water partition coefficient (Wildman–Crippen LogP) is 7.30. The number of allylic oxidation sites excluding steroid dienone is 5. The van der Waals surface area contributed by atoms with Gasteiger partial charge in [-0.1, -0.05) is 159 Å². The molecule has 1 aliphatic heterocycles. The van der Waals surface area contributed by atoms with E-state index < -0.39 is 78.5 Å². The van der Waals surface area contributed by atoms with Crippen molar-refractivity contribution in [2.24, 2.45) is 0 Å². The summed E-state index contributed by atoms with van der Waals surface area (Å²) in [5.41, 5.74) is 0. The van der Waals surface area contributed by atoms with Gasteiger partial charge in [0.15, 0.2) is 6.29 Å². The normalized spacial score (nSPS) is 22.0. The van der Waals surface area contributed by atoms with Crippen molar-refractivity contribution in [2.75, 3.05) is 13.2 Å². The van der Waals surface area contributed by atoms with Crippen LogP contribution in [0.25, 0.3) is 0 Å². The van der Waals surface area contributed by atoms with Gasteiger partial charge in [-0.25, -0.2) is 4.18 Å². The van der Waals surface area contributed by atoms with Crippen LogP contribution in [0.5, 0.6) is 0 Å². The van der Waals surface area contributed by atoms with Crippen molar-refractivity contribution >= 4 is 16.3 Å². The van der Waals surface area contributed by atoms with Crippen molar-refractivity contribution < 1.29 is 57.0 Å². The van der Waals surface area contributed by atoms with Gasteiger partial charge in [-0.15, -0.1) is 0 Å². The molecule has 13 nitrogen and oxygen atoms in total. The van der Waals surface area contributed by atoms with Gasteiger partial charge >= 0.3 is 10.4 Å². The van der Waals surface area contributed by atoms with Gasteiger partial charge < -0.3 is 40.3 Å². The molecule has 8 unspecified atom stereocenters. The van der Waals surface area contributed by atoms with Crippen molar-refractivity contribution in [2.45, 2.75) is 223 Å². The third kappa shape index (κ3) is 27.2. The van der Waals surface area contributed by atoms with Gasteiger partial charge in [0.05, 0.1) is 25.4 Å². The second-order valence-corrected chi connectivity index (χ2v) is 16.8. The molecular weight excluding hydrogens is 767 g/mol. The minimum atomic E-state index is -5.12. The minimum absolute atomic E-state index is 0.221. The lowest BCUT2D eigenvalue weighted by molar-refractivity contribution is -0.298. The molecule has 0 bridgehead atoms. The van der Waals surface area contributed by atoms with Crippen LogP contribution in [-0.2, 0) is 28.9 Å². The first-order valence-electron chi connectivity index (χ1n) is 22.5. The third-order valence-corrected chi connectivity index (χ3v) is 11.0. The average Bonchev–Trinajstić information content (AvgIpc) is 3.19. The van der Waals surface area contributed by atoms with Crippen LogP contribution in [0.1, 0.15) is 174 Å². The van der Waals surface area contributed by atoms with Crippen molar-refractivity contribution in [3.63, 3.8) is 0 Å². The Bertz CT molecular complexity index is 1200. The first kappa shape index (κ1) is 54.3.